The molecule has 7 heteroatoms. The van der Waals surface area contributed by atoms with Crippen LogP contribution in [0, 0.1) is 0 Å². The van der Waals surface area contributed by atoms with E-state index in [1.807, 2.05) is 30.9 Å². The highest BCUT2D eigenvalue weighted by Gasteiger charge is 2.38. The summed E-state index contributed by atoms with van der Waals surface area (Å²) in [7, 11) is 0. The maximum atomic E-state index is 13.0. The topological polar surface area (TPSA) is 78.7 Å². The molecule has 1 fully saturated rings. The van der Waals surface area contributed by atoms with Gasteiger partial charge in [-0.1, -0.05) is 0 Å². The Kier molecular flexibility index (Phi) is 6.24. The molecule has 0 unspecified atom stereocenters. The number of rotatable bonds is 7. The van der Waals surface area contributed by atoms with Gasteiger partial charge in [0.15, 0.2) is 0 Å². The maximum Gasteiger partial charge on any atom is 0.254 e. The molecule has 0 radical (unpaired) electrons. The Labute approximate surface area is 159 Å². The van der Waals surface area contributed by atoms with Gasteiger partial charge in [-0.25, -0.2) is 0 Å². The van der Waals surface area contributed by atoms with E-state index in [9.17, 15) is 9.59 Å². The fourth-order valence-electron chi connectivity index (χ4n) is 3.57. The van der Waals surface area contributed by atoms with Crippen LogP contribution in [0.4, 0.5) is 0 Å². The molecule has 2 amide bonds. The van der Waals surface area contributed by atoms with Crippen molar-refractivity contribution in [2.75, 3.05) is 19.6 Å². The highest BCUT2D eigenvalue weighted by atomic mass is 16.3. The van der Waals surface area contributed by atoms with Crippen LogP contribution in [0.15, 0.2) is 47.5 Å². The van der Waals surface area contributed by atoms with Gasteiger partial charge in [-0.15, -0.1) is 0 Å². The van der Waals surface area contributed by atoms with Gasteiger partial charge in [0.2, 0.25) is 5.91 Å². The van der Waals surface area contributed by atoms with Crippen molar-refractivity contribution >= 4 is 11.8 Å². The summed E-state index contributed by atoms with van der Waals surface area (Å²) in [5.74, 6) is -0.0531. The van der Waals surface area contributed by atoms with Crippen molar-refractivity contribution in [1.82, 2.24) is 20.1 Å². The number of nitrogens with one attached hydrogen (secondary N) is 1. The highest BCUT2D eigenvalue weighted by Crippen LogP contribution is 2.23. The van der Waals surface area contributed by atoms with Crippen molar-refractivity contribution in [3.05, 3.63) is 54.2 Å². The zero-order valence-electron chi connectivity index (χ0n) is 15.8. The molecule has 27 heavy (non-hydrogen) atoms. The first kappa shape index (κ1) is 19.1. The van der Waals surface area contributed by atoms with Gasteiger partial charge >= 0.3 is 0 Å². The van der Waals surface area contributed by atoms with Crippen molar-refractivity contribution in [1.29, 1.82) is 0 Å². The zero-order chi connectivity index (χ0) is 19.2. The largest absolute Gasteiger partial charge is 0.472 e. The first-order valence-electron chi connectivity index (χ1n) is 9.37. The number of carbonyl (C=O) groups is 2. The Morgan fingerprint density at radius 3 is 2.63 bits per heavy atom. The van der Waals surface area contributed by atoms with E-state index >= 15 is 0 Å². The second-order valence-electron chi connectivity index (χ2n) is 6.73. The van der Waals surface area contributed by atoms with Crippen molar-refractivity contribution in [3.63, 3.8) is 0 Å². The summed E-state index contributed by atoms with van der Waals surface area (Å²) >= 11 is 0. The van der Waals surface area contributed by atoms with Crippen LogP contribution in [0.1, 0.15) is 36.2 Å². The summed E-state index contributed by atoms with van der Waals surface area (Å²) in [6.45, 7) is 6.62. The van der Waals surface area contributed by atoms with Crippen LogP contribution in [0.3, 0.4) is 0 Å². The van der Waals surface area contributed by atoms with E-state index in [1.54, 1.807) is 18.5 Å². The minimum Gasteiger partial charge on any atom is -0.472 e. The fourth-order valence-corrected chi connectivity index (χ4v) is 3.57. The third kappa shape index (κ3) is 4.54. The number of carbonyl (C=O) groups excluding carboxylic acids is 2. The molecule has 1 N–H and O–H groups in total. The van der Waals surface area contributed by atoms with E-state index in [4.69, 9.17) is 4.42 Å². The molecule has 1 aliphatic heterocycles. The smallest absolute Gasteiger partial charge is 0.254 e. The molecule has 2 aromatic rings. The van der Waals surface area contributed by atoms with Gasteiger partial charge in [-0.3, -0.25) is 19.5 Å². The lowest BCUT2D eigenvalue weighted by atomic mass is 10.1. The van der Waals surface area contributed by atoms with Crippen molar-refractivity contribution in [2.45, 2.75) is 38.9 Å². The molecule has 144 valence electrons. The van der Waals surface area contributed by atoms with Crippen LogP contribution in [-0.2, 0) is 11.3 Å². The second kappa shape index (κ2) is 8.81. The number of nitrogens with zero attached hydrogens (tertiary/aromatic N) is 3. The summed E-state index contributed by atoms with van der Waals surface area (Å²) in [5, 5.41) is 3.03. The number of furan rings is 1. The third-order valence-electron chi connectivity index (χ3n) is 5.02. The summed E-state index contributed by atoms with van der Waals surface area (Å²) in [6.07, 6.45) is 7.02. The molecule has 0 aromatic carbocycles. The normalized spacial score (nSPS) is 19.8. The van der Waals surface area contributed by atoms with Gasteiger partial charge in [-0.05, 0) is 44.0 Å². The standard InChI is InChI=1S/C20H26N4O3/c1-3-23(4-2)20(26)18-11-17(22-19(25)16-7-10-27-14-16)13-24(18)12-15-5-8-21-9-6-15/h5-10,14,17-18H,3-4,11-13H2,1-2H3,(H,22,25)/t17-,18-/m0/s1. The van der Waals surface area contributed by atoms with Crippen LogP contribution in [-0.4, -0.2) is 58.3 Å². The predicted molar refractivity (Wildman–Crippen MR) is 101 cm³/mol. The van der Waals surface area contributed by atoms with E-state index in [0.717, 1.165) is 5.56 Å². The van der Waals surface area contributed by atoms with Crippen LogP contribution in [0.2, 0.25) is 0 Å². The van der Waals surface area contributed by atoms with Gasteiger partial charge in [-0.2, -0.15) is 0 Å². The number of likely N-dealkylation sites (tertiary alicyclic amines) is 1. The van der Waals surface area contributed by atoms with E-state index < -0.39 is 0 Å². The molecule has 0 spiro atoms. The van der Waals surface area contributed by atoms with Gasteiger partial charge in [0, 0.05) is 44.6 Å². The second-order valence-corrected chi connectivity index (χ2v) is 6.73. The maximum absolute atomic E-state index is 13.0. The Balaban J connectivity index is 1.73. The number of amides is 2. The van der Waals surface area contributed by atoms with Crippen LogP contribution in [0.25, 0.3) is 0 Å². The molecule has 1 aliphatic rings. The molecule has 3 rings (SSSR count). The average molecular weight is 370 g/mol. The van der Waals surface area contributed by atoms with Gasteiger partial charge in [0.1, 0.15) is 6.26 Å². The first-order valence-corrected chi connectivity index (χ1v) is 9.37. The summed E-state index contributed by atoms with van der Waals surface area (Å²) in [6, 6.07) is 5.22. The Hall–Kier alpha value is -2.67. The van der Waals surface area contributed by atoms with Gasteiger partial charge in [0.25, 0.3) is 5.91 Å². The lowest BCUT2D eigenvalue weighted by molar-refractivity contribution is -0.135. The molecule has 0 saturated carbocycles. The quantitative estimate of drug-likeness (QED) is 0.806. The lowest BCUT2D eigenvalue weighted by Crippen LogP contribution is -2.45. The highest BCUT2D eigenvalue weighted by molar-refractivity contribution is 5.94. The molecule has 0 aliphatic carbocycles. The van der Waals surface area contributed by atoms with Crippen molar-refractivity contribution < 1.29 is 14.0 Å². The first-order chi connectivity index (χ1) is 13.1. The van der Waals surface area contributed by atoms with E-state index in [1.165, 1.54) is 12.5 Å². The summed E-state index contributed by atoms with van der Waals surface area (Å²) in [4.78, 5) is 33.4. The monoisotopic (exact) mass is 370 g/mol. The van der Waals surface area contributed by atoms with Gasteiger partial charge in [0.05, 0.1) is 17.9 Å². The Bertz CT molecular complexity index is 744. The fraction of sp³-hybridized carbons (Fsp3) is 0.450. The van der Waals surface area contributed by atoms with E-state index in [2.05, 4.69) is 15.2 Å². The van der Waals surface area contributed by atoms with E-state index in [-0.39, 0.29) is 23.9 Å². The molecule has 1 saturated heterocycles. The molecule has 2 aromatic heterocycles. The van der Waals surface area contributed by atoms with Gasteiger partial charge < -0.3 is 14.6 Å². The summed E-state index contributed by atoms with van der Waals surface area (Å²) < 4.78 is 4.98. The lowest BCUT2D eigenvalue weighted by Gasteiger charge is -2.28. The third-order valence-corrected chi connectivity index (χ3v) is 5.02. The SMILES string of the molecule is CCN(CC)C(=O)[C@@H]1C[C@H](NC(=O)c2ccoc2)CN1Cc1ccncc1. The number of likely N-dealkylation sites (N-methyl/N-ethyl adjacent to an activating group) is 1. The molecule has 0 bridgehead atoms. The predicted octanol–water partition coefficient (Wildman–Crippen LogP) is 1.92. The van der Waals surface area contributed by atoms with Crippen LogP contribution in [0.5, 0.6) is 0 Å². The van der Waals surface area contributed by atoms with E-state index in [0.29, 0.717) is 38.2 Å². The summed E-state index contributed by atoms with van der Waals surface area (Å²) in [5.41, 5.74) is 1.60. The average Bonchev–Trinajstić information content (AvgIpc) is 3.34. The molecule has 2 atom stereocenters. The Morgan fingerprint density at radius 2 is 2.00 bits per heavy atom. The number of hydrogen-bond donors (Lipinski definition) is 1. The van der Waals surface area contributed by atoms with Crippen LogP contribution >= 0.6 is 0 Å². The number of pyridine rings is 1. The van der Waals surface area contributed by atoms with Crippen molar-refractivity contribution in [2.24, 2.45) is 0 Å². The van der Waals surface area contributed by atoms with Crippen LogP contribution < -0.4 is 5.32 Å². The molecule has 3 heterocycles. The molecular weight excluding hydrogens is 344 g/mol. The zero-order valence-corrected chi connectivity index (χ0v) is 15.8. The molecule has 7 nitrogen and oxygen atoms in total. The molecular formula is C20H26N4O3. The minimum atomic E-state index is -0.243. The number of aromatic nitrogens is 1. The number of hydrogen-bond acceptors (Lipinski definition) is 5. The Morgan fingerprint density at radius 1 is 1.26 bits per heavy atom. The minimum absolute atomic E-state index is 0.0845. The van der Waals surface area contributed by atoms with Crippen molar-refractivity contribution in [3.8, 4) is 0 Å².